The Morgan fingerprint density at radius 2 is 2.08 bits per heavy atom. The van der Waals surface area contributed by atoms with Crippen LogP contribution in [0.5, 0.6) is 0 Å². The molecule has 0 spiro atoms. The minimum absolute atomic E-state index is 0.155. The fourth-order valence-corrected chi connectivity index (χ4v) is 0.803. The van der Waals surface area contributed by atoms with Crippen molar-refractivity contribution >= 4 is 17.3 Å². The Labute approximate surface area is 79.2 Å². The molecule has 0 aliphatic carbocycles. The van der Waals surface area contributed by atoms with E-state index in [0.29, 0.717) is 11.6 Å². The Hall–Kier alpha value is -0.550. The zero-order chi connectivity index (χ0) is 9.78. The molecule has 68 valence electrons. The van der Waals surface area contributed by atoms with Gasteiger partial charge in [-0.25, -0.2) is 0 Å². The lowest BCUT2D eigenvalue weighted by Crippen LogP contribution is -2.25. The molecule has 0 aliphatic rings. The van der Waals surface area contributed by atoms with Gasteiger partial charge >= 0.3 is 0 Å². The van der Waals surface area contributed by atoms with Crippen LogP contribution in [0.2, 0.25) is 0 Å². The monoisotopic (exact) mass is 186 g/mol. The Bertz CT molecular complexity index is 211. The summed E-state index contributed by atoms with van der Waals surface area (Å²) in [6.45, 7) is 7.73. The van der Waals surface area contributed by atoms with Gasteiger partial charge in [-0.3, -0.25) is 4.99 Å². The largest absolute Gasteiger partial charge is 0.275 e. The normalized spacial score (nSPS) is 13.2. The highest BCUT2D eigenvalue weighted by atomic mass is 35.5. The van der Waals surface area contributed by atoms with Crippen LogP contribution in [0.25, 0.3) is 0 Å². The lowest BCUT2D eigenvalue weighted by molar-refractivity contribution is 0.595. The maximum absolute atomic E-state index is 8.80. The van der Waals surface area contributed by atoms with E-state index < -0.39 is 0 Å². The van der Waals surface area contributed by atoms with E-state index in [-0.39, 0.29) is 11.5 Å². The zero-order valence-corrected chi connectivity index (χ0v) is 8.81. The molecule has 0 aromatic carbocycles. The van der Waals surface area contributed by atoms with Crippen molar-refractivity contribution < 1.29 is 0 Å². The first-order valence-corrected chi connectivity index (χ1v) is 4.52. The molecule has 0 saturated heterocycles. The molecule has 0 radical (unpaired) electrons. The molecule has 2 nitrogen and oxygen atoms in total. The van der Waals surface area contributed by atoms with E-state index in [2.05, 4.69) is 11.1 Å². The van der Waals surface area contributed by atoms with Gasteiger partial charge in [0, 0.05) is 17.3 Å². The van der Waals surface area contributed by atoms with Crippen molar-refractivity contribution in [3.63, 3.8) is 0 Å². The lowest BCUT2D eigenvalue weighted by atomic mass is 9.90. The van der Waals surface area contributed by atoms with Gasteiger partial charge in [0.2, 0.25) is 0 Å². The van der Waals surface area contributed by atoms with E-state index in [1.165, 1.54) is 0 Å². The summed E-state index contributed by atoms with van der Waals surface area (Å²) in [5, 5.41) is 8.80. The second-order valence-corrected chi connectivity index (χ2v) is 3.97. The predicted octanol–water partition coefficient (Wildman–Crippen LogP) is 2.62. The molecule has 0 aliphatic heterocycles. The average Bonchev–Trinajstić information content (AvgIpc) is 1.99. The minimum Gasteiger partial charge on any atom is -0.275 e. The number of hydrogen-bond donors (Lipinski definition) is 0. The SMILES string of the molecule is CC(C)N=C(C#N)C(C)(C)CCl. The van der Waals surface area contributed by atoms with Crippen LogP contribution in [-0.4, -0.2) is 17.6 Å². The molecule has 0 amide bonds. The van der Waals surface area contributed by atoms with Crippen LogP contribution in [0, 0.1) is 16.7 Å². The quantitative estimate of drug-likeness (QED) is 0.493. The first kappa shape index (κ1) is 11.4. The number of halogens is 1. The molecule has 12 heavy (non-hydrogen) atoms. The summed E-state index contributed by atoms with van der Waals surface area (Å²) < 4.78 is 0. The average molecular weight is 187 g/mol. The number of aliphatic imine (C=N–C) groups is 1. The molecule has 0 N–H and O–H groups in total. The summed E-state index contributed by atoms with van der Waals surface area (Å²) in [4.78, 5) is 4.21. The van der Waals surface area contributed by atoms with Gasteiger partial charge in [-0.15, -0.1) is 11.6 Å². The Kier molecular flexibility index (Phi) is 4.26. The summed E-state index contributed by atoms with van der Waals surface area (Å²) in [7, 11) is 0. The molecular weight excluding hydrogens is 172 g/mol. The summed E-state index contributed by atoms with van der Waals surface area (Å²) >= 11 is 5.72. The van der Waals surface area contributed by atoms with Gasteiger partial charge in [-0.2, -0.15) is 5.26 Å². The van der Waals surface area contributed by atoms with Gasteiger partial charge in [0.15, 0.2) is 0 Å². The van der Waals surface area contributed by atoms with E-state index in [4.69, 9.17) is 16.9 Å². The van der Waals surface area contributed by atoms with Crippen LogP contribution >= 0.6 is 11.6 Å². The highest BCUT2D eigenvalue weighted by Crippen LogP contribution is 2.19. The maximum atomic E-state index is 8.80. The van der Waals surface area contributed by atoms with Crippen LogP contribution in [0.15, 0.2) is 4.99 Å². The second kappa shape index (κ2) is 4.47. The highest BCUT2D eigenvalue weighted by molar-refractivity contribution is 6.21. The smallest absolute Gasteiger partial charge is 0.119 e. The lowest BCUT2D eigenvalue weighted by Gasteiger charge is -2.19. The van der Waals surface area contributed by atoms with E-state index in [0.717, 1.165) is 0 Å². The fourth-order valence-electron chi connectivity index (χ4n) is 0.676. The number of nitrogens with zero attached hydrogens (tertiary/aromatic N) is 2. The minimum atomic E-state index is -0.305. The van der Waals surface area contributed by atoms with Crippen LogP contribution in [-0.2, 0) is 0 Å². The molecular formula is C9H15ClN2. The van der Waals surface area contributed by atoms with Crippen molar-refractivity contribution in [1.29, 1.82) is 5.26 Å². The highest BCUT2D eigenvalue weighted by Gasteiger charge is 2.23. The molecule has 0 fully saturated rings. The summed E-state index contributed by atoms with van der Waals surface area (Å²) in [5.74, 6) is 0.423. The third-order valence-electron chi connectivity index (χ3n) is 1.47. The Morgan fingerprint density at radius 3 is 2.33 bits per heavy atom. The first-order valence-electron chi connectivity index (χ1n) is 3.98. The van der Waals surface area contributed by atoms with E-state index >= 15 is 0 Å². The van der Waals surface area contributed by atoms with Crippen molar-refractivity contribution in [2.45, 2.75) is 33.7 Å². The van der Waals surface area contributed by atoms with Gasteiger partial charge in [0.25, 0.3) is 0 Å². The molecule has 0 heterocycles. The van der Waals surface area contributed by atoms with Crippen molar-refractivity contribution in [1.82, 2.24) is 0 Å². The van der Waals surface area contributed by atoms with Gasteiger partial charge in [0.1, 0.15) is 11.8 Å². The van der Waals surface area contributed by atoms with Crippen molar-refractivity contribution in [2.24, 2.45) is 10.4 Å². The number of nitriles is 1. The Balaban J connectivity index is 4.70. The Morgan fingerprint density at radius 1 is 1.58 bits per heavy atom. The van der Waals surface area contributed by atoms with Gasteiger partial charge in [-0.1, -0.05) is 13.8 Å². The molecule has 0 rings (SSSR count). The van der Waals surface area contributed by atoms with E-state index in [9.17, 15) is 0 Å². The molecule has 0 atom stereocenters. The van der Waals surface area contributed by atoms with Crippen molar-refractivity contribution in [3.05, 3.63) is 0 Å². The van der Waals surface area contributed by atoms with Crippen molar-refractivity contribution in [2.75, 3.05) is 5.88 Å². The molecule has 0 unspecified atom stereocenters. The van der Waals surface area contributed by atoms with Crippen molar-refractivity contribution in [3.8, 4) is 6.07 Å². The second-order valence-electron chi connectivity index (χ2n) is 3.70. The first-order chi connectivity index (χ1) is 5.44. The number of hydrogen-bond acceptors (Lipinski definition) is 2. The van der Waals surface area contributed by atoms with Crippen LogP contribution < -0.4 is 0 Å². The summed E-state index contributed by atoms with van der Waals surface area (Å²) in [6.07, 6.45) is 0. The molecule has 0 bridgehead atoms. The summed E-state index contributed by atoms with van der Waals surface area (Å²) in [6, 6.07) is 2.24. The van der Waals surface area contributed by atoms with Crippen LogP contribution in [0.1, 0.15) is 27.7 Å². The molecule has 0 aromatic heterocycles. The third-order valence-corrected chi connectivity index (χ3v) is 2.14. The zero-order valence-electron chi connectivity index (χ0n) is 8.06. The standard InChI is InChI=1S/C9H15ClN2/c1-7(2)12-8(5-11)9(3,4)6-10/h7H,6H2,1-4H3. The van der Waals surface area contributed by atoms with E-state index in [1.54, 1.807) is 0 Å². The van der Waals surface area contributed by atoms with Gasteiger partial charge in [-0.05, 0) is 13.8 Å². The fraction of sp³-hybridized carbons (Fsp3) is 0.778. The molecule has 3 heteroatoms. The number of rotatable bonds is 3. The molecule has 0 saturated carbocycles. The van der Waals surface area contributed by atoms with Crippen LogP contribution in [0.3, 0.4) is 0 Å². The summed E-state index contributed by atoms with van der Waals surface area (Å²) in [5.41, 5.74) is 0.230. The van der Waals surface area contributed by atoms with Gasteiger partial charge < -0.3 is 0 Å². The number of alkyl halides is 1. The van der Waals surface area contributed by atoms with E-state index in [1.807, 2.05) is 27.7 Å². The maximum Gasteiger partial charge on any atom is 0.119 e. The molecule has 0 aromatic rings. The third kappa shape index (κ3) is 3.23. The van der Waals surface area contributed by atoms with Gasteiger partial charge in [0.05, 0.1) is 0 Å². The van der Waals surface area contributed by atoms with Crippen LogP contribution in [0.4, 0.5) is 0 Å². The topological polar surface area (TPSA) is 36.1 Å². The predicted molar refractivity (Wildman–Crippen MR) is 52.7 cm³/mol.